The van der Waals surface area contributed by atoms with Crippen LogP contribution < -0.4 is 10.2 Å². The molecule has 152 valence electrons. The number of benzene rings is 1. The molecule has 2 heterocycles. The van der Waals surface area contributed by atoms with Crippen molar-refractivity contribution in [2.45, 2.75) is 25.3 Å². The van der Waals surface area contributed by atoms with E-state index in [1.54, 1.807) is 25.1 Å². The Morgan fingerprint density at radius 3 is 2.75 bits per heavy atom. The Morgan fingerprint density at radius 2 is 2.04 bits per heavy atom. The molecule has 1 aliphatic carbocycles. The maximum Gasteiger partial charge on any atom is 0.317 e. The Morgan fingerprint density at radius 1 is 1.29 bits per heavy atom. The number of carbonyl (C=O) groups is 1. The van der Waals surface area contributed by atoms with Crippen LogP contribution in [0.1, 0.15) is 19.3 Å². The first-order valence-electron chi connectivity index (χ1n) is 9.99. The Balaban J connectivity index is 1.20. The third-order valence-electron chi connectivity index (χ3n) is 5.91. The number of hydrogen-bond acceptors (Lipinski definition) is 5. The summed E-state index contributed by atoms with van der Waals surface area (Å²) in [6.45, 7) is 4.86. The summed E-state index contributed by atoms with van der Waals surface area (Å²) in [6, 6.07) is 4.91. The van der Waals surface area contributed by atoms with Gasteiger partial charge in [-0.3, -0.25) is 4.90 Å². The molecule has 28 heavy (non-hydrogen) atoms. The van der Waals surface area contributed by atoms with Gasteiger partial charge in [0.2, 0.25) is 0 Å². The minimum atomic E-state index is -0.306. The predicted octanol–water partition coefficient (Wildman–Crippen LogP) is 2.53. The van der Waals surface area contributed by atoms with Gasteiger partial charge in [-0.1, -0.05) is 5.16 Å². The normalized spacial score (nSPS) is 22.9. The van der Waals surface area contributed by atoms with E-state index >= 15 is 0 Å². The van der Waals surface area contributed by atoms with Crippen LogP contribution in [0.15, 0.2) is 22.7 Å². The van der Waals surface area contributed by atoms with Gasteiger partial charge >= 0.3 is 6.03 Å². The first-order valence-corrected chi connectivity index (χ1v) is 9.99. The molecule has 7 nitrogen and oxygen atoms in total. The summed E-state index contributed by atoms with van der Waals surface area (Å²) >= 11 is 0. The van der Waals surface area contributed by atoms with Crippen LogP contribution in [0.25, 0.3) is 11.0 Å². The highest BCUT2D eigenvalue weighted by atomic mass is 19.1. The van der Waals surface area contributed by atoms with Crippen LogP contribution in [0.4, 0.5) is 15.0 Å². The van der Waals surface area contributed by atoms with E-state index in [2.05, 4.69) is 20.3 Å². The summed E-state index contributed by atoms with van der Waals surface area (Å²) < 4.78 is 18.6. The van der Waals surface area contributed by atoms with Gasteiger partial charge in [0.05, 0.1) is 5.39 Å². The van der Waals surface area contributed by atoms with Crippen LogP contribution >= 0.6 is 0 Å². The summed E-state index contributed by atoms with van der Waals surface area (Å²) in [5.74, 6) is 1.22. The molecule has 4 rings (SSSR count). The molecule has 1 aromatic heterocycles. The van der Waals surface area contributed by atoms with Crippen LogP contribution in [0.3, 0.4) is 0 Å². The van der Waals surface area contributed by atoms with Crippen molar-refractivity contribution in [3.05, 3.63) is 24.0 Å². The highest BCUT2D eigenvalue weighted by Crippen LogP contribution is 2.31. The number of fused-ring (bicyclic) bond motifs is 1. The number of amides is 2. The van der Waals surface area contributed by atoms with Gasteiger partial charge in [-0.15, -0.1) is 0 Å². The topological polar surface area (TPSA) is 64.9 Å². The van der Waals surface area contributed by atoms with Gasteiger partial charge < -0.3 is 19.6 Å². The van der Waals surface area contributed by atoms with Gasteiger partial charge in [0.15, 0.2) is 11.4 Å². The van der Waals surface area contributed by atoms with E-state index < -0.39 is 0 Å². The average molecular weight is 389 g/mol. The molecular weight excluding hydrogens is 361 g/mol. The van der Waals surface area contributed by atoms with E-state index in [-0.39, 0.29) is 11.8 Å². The van der Waals surface area contributed by atoms with Crippen LogP contribution in [0, 0.1) is 11.7 Å². The fourth-order valence-corrected chi connectivity index (χ4v) is 4.07. The second kappa shape index (κ2) is 7.95. The van der Waals surface area contributed by atoms with Gasteiger partial charge in [-0.25, -0.2) is 9.18 Å². The standard InChI is InChI=1S/C20H28FN5O2/c1-24(2)20(27)22-16-11-14(12-16)5-6-25-7-9-26(10-8-25)19-17-4-3-15(21)13-18(17)28-23-19/h3-4,13-14,16H,5-12H2,1-2H3,(H,22,27)/t14-,16+. The van der Waals surface area contributed by atoms with Crippen molar-refractivity contribution in [2.24, 2.45) is 5.92 Å². The van der Waals surface area contributed by atoms with Crippen molar-refractivity contribution in [1.82, 2.24) is 20.3 Å². The molecule has 1 aliphatic heterocycles. The zero-order chi connectivity index (χ0) is 19.7. The van der Waals surface area contributed by atoms with Crippen LogP contribution in [0.2, 0.25) is 0 Å². The summed E-state index contributed by atoms with van der Waals surface area (Å²) in [4.78, 5) is 17.9. The largest absolute Gasteiger partial charge is 0.354 e. The second-order valence-electron chi connectivity index (χ2n) is 8.14. The van der Waals surface area contributed by atoms with Crippen LogP contribution in [0.5, 0.6) is 0 Å². The molecule has 0 bridgehead atoms. The number of urea groups is 1. The molecule has 0 unspecified atom stereocenters. The summed E-state index contributed by atoms with van der Waals surface area (Å²) in [6.07, 6.45) is 3.35. The van der Waals surface area contributed by atoms with Crippen molar-refractivity contribution < 1.29 is 13.7 Å². The maximum absolute atomic E-state index is 13.3. The second-order valence-corrected chi connectivity index (χ2v) is 8.14. The lowest BCUT2D eigenvalue weighted by Gasteiger charge is -2.39. The molecule has 0 spiro atoms. The molecule has 0 radical (unpaired) electrons. The molecule has 1 saturated heterocycles. The Labute approximate surface area is 164 Å². The van der Waals surface area contributed by atoms with Crippen molar-refractivity contribution in [3.63, 3.8) is 0 Å². The lowest BCUT2D eigenvalue weighted by molar-refractivity contribution is 0.161. The monoisotopic (exact) mass is 389 g/mol. The molecule has 1 aromatic carbocycles. The minimum absolute atomic E-state index is 0.00249. The van der Waals surface area contributed by atoms with Crippen LogP contribution in [-0.4, -0.2) is 73.8 Å². The zero-order valence-electron chi connectivity index (χ0n) is 16.5. The number of anilines is 1. The lowest BCUT2D eigenvalue weighted by atomic mass is 9.78. The Bertz CT molecular complexity index is 825. The lowest BCUT2D eigenvalue weighted by Crippen LogP contribution is -2.50. The van der Waals surface area contributed by atoms with Gasteiger partial charge in [0, 0.05) is 52.4 Å². The molecule has 0 atom stereocenters. The quantitative estimate of drug-likeness (QED) is 0.851. The first kappa shape index (κ1) is 19.0. The number of piperazine rings is 1. The van der Waals surface area contributed by atoms with Gasteiger partial charge in [-0.2, -0.15) is 0 Å². The third kappa shape index (κ3) is 4.06. The van der Waals surface area contributed by atoms with E-state index in [0.29, 0.717) is 17.5 Å². The molecule has 2 fully saturated rings. The van der Waals surface area contributed by atoms with Gasteiger partial charge in [0.25, 0.3) is 0 Å². The summed E-state index contributed by atoms with van der Waals surface area (Å²) in [7, 11) is 3.54. The molecule has 2 amide bonds. The van der Waals surface area contributed by atoms with Crippen molar-refractivity contribution in [3.8, 4) is 0 Å². The third-order valence-corrected chi connectivity index (χ3v) is 5.91. The van der Waals surface area contributed by atoms with E-state index in [1.165, 1.54) is 18.6 Å². The van der Waals surface area contributed by atoms with Crippen molar-refractivity contribution in [1.29, 1.82) is 0 Å². The van der Waals surface area contributed by atoms with Gasteiger partial charge in [-0.05, 0) is 43.9 Å². The fourth-order valence-electron chi connectivity index (χ4n) is 4.07. The summed E-state index contributed by atoms with van der Waals surface area (Å²) in [5.41, 5.74) is 0.498. The highest BCUT2D eigenvalue weighted by molar-refractivity contribution is 5.88. The highest BCUT2D eigenvalue weighted by Gasteiger charge is 2.31. The number of halogens is 1. The van der Waals surface area contributed by atoms with Gasteiger partial charge in [0.1, 0.15) is 5.82 Å². The molecule has 8 heteroatoms. The smallest absolute Gasteiger partial charge is 0.317 e. The van der Waals surface area contributed by atoms with E-state index in [4.69, 9.17) is 4.52 Å². The van der Waals surface area contributed by atoms with Crippen molar-refractivity contribution >= 4 is 22.8 Å². The SMILES string of the molecule is CN(C)C(=O)N[C@H]1C[C@@H](CCN2CCN(c3noc4cc(F)ccc34)CC2)C1. The first-order chi connectivity index (χ1) is 13.5. The van der Waals surface area contributed by atoms with Crippen molar-refractivity contribution in [2.75, 3.05) is 51.7 Å². The zero-order valence-corrected chi connectivity index (χ0v) is 16.5. The number of carbonyl (C=O) groups excluding carboxylic acids is 1. The molecule has 1 N–H and O–H groups in total. The molecule has 2 aliphatic rings. The number of aromatic nitrogens is 1. The summed E-state index contributed by atoms with van der Waals surface area (Å²) in [5, 5.41) is 8.07. The van der Waals surface area contributed by atoms with E-state index in [1.807, 2.05) is 0 Å². The average Bonchev–Trinajstić information content (AvgIpc) is 3.06. The minimum Gasteiger partial charge on any atom is -0.354 e. The Kier molecular flexibility index (Phi) is 5.39. The number of hydrogen-bond donors (Lipinski definition) is 1. The number of nitrogens with zero attached hydrogens (tertiary/aromatic N) is 4. The van der Waals surface area contributed by atoms with Crippen LogP contribution in [-0.2, 0) is 0 Å². The number of rotatable bonds is 5. The molecule has 2 aromatic rings. The molecule has 1 saturated carbocycles. The fraction of sp³-hybridized carbons (Fsp3) is 0.600. The molecular formula is C20H28FN5O2. The Hall–Kier alpha value is -2.35. The van der Waals surface area contributed by atoms with E-state index in [0.717, 1.165) is 56.8 Å². The predicted molar refractivity (Wildman–Crippen MR) is 106 cm³/mol. The van der Waals surface area contributed by atoms with E-state index in [9.17, 15) is 9.18 Å². The number of nitrogens with one attached hydrogen (secondary N) is 1. The maximum atomic E-state index is 13.3.